The molecule has 6 nitrogen and oxygen atoms in total. The number of nitrogens with zero attached hydrogens (tertiary/aromatic N) is 2. The Balaban J connectivity index is 2.16. The summed E-state index contributed by atoms with van der Waals surface area (Å²) >= 11 is 0. The number of H-pyrrole nitrogens is 1. The quantitative estimate of drug-likeness (QED) is 0.888. The number of halogens is 2. The molecule has 2 N–H and O–H groups in total. The zero-order valence-electron chi connectivity index (χ0n) is 9.85. The number of amides is 1. The van der Waals surface area contributed by atoms with E-state index in [1.165, 1.54) is 18.2 Å². The van der Waals surface area contributed by atoms with Gasteiger partial charge in [0.05, 0.1) is 5.69 Å². The molecule has 1 aromatic heterocycles. The van der Waals surface area contributed by atoms with Crippen LogP contribution < -0.4 is 10.1 Å². The fourth-order valence-electron chi connectivity index (χ4n) is 1.39. The minimum atomic E-state index is -2.97. The summed E-state index contributed by atoms with van der Waals surface area (Å²) in [5, 5.41) is 8.58. The number of benzene rings is 1. The average molecular weight is 268 g/mol. The van der Waals surface area contributed by atoms with Crippen molar-refractivity contribution in [3.05, 3.63) is 35.9 Å². The molecule has 0 saturated carbocycles. The topological polar surface area (TPSA) is 79.9 Å². The number of hydrogen-bond donors (Lipinski definition) is 2. The van der Waals surface area contributed by atoms with Gasteiger partial charge in [-0.1, -0.05) is 12.1 Å². The predicted octanol–water partition coefficient (Wildman–Crippen LogP) is 1.97. The second kappa shape index (κ2) is 5.42. The third-order valence-electron chi connectivity index (χ3n) is 2.15. The Morgan fingerprint density at radius 3 is 2.79 bits per heavy atom. The second-order valence-corrected chi connectivity index (χ2v) is 3.57. The Morgan fingerprint density at radius 1 is 1.42 bits per heavy atom. The van der Waals surface area contributed by atoms with Crippen LogP contribution in [0.5, 0.6) is 5.75 Å². The number of rotatable bonds is 4. The predicted molar refractivity (Wildman–Crippen MR) is 62.1 cm³/mol. The van der Waals surface area contributed by atoms with Crippen molar-refractivity contribution in [3.8, 4) is 5.75 Å². The van der Waals surface area contributed by atoms with E-state index < -0.39 is 12.5 Å². The fourth-order valence-corrected chi connectivity index (χ4v) is 1.39. The molecule has 1 heterocycles. The highest BCUT2D eigenvalue weighted by atomic mass is 19.3. The van der Waals surface area contributed by atoms with Gasteiger partial charge in [0.1, 0.15) is 11.6 Å². The lowest BCUT2D eigenvalue weighted by Gasteiger charge is -2.10. The maximum atomic E-state index is 12.2. The van der Waals surface area contributed by atoms with Crippen LogP contribution in [0.1, 0.15) is 16.4 Å². The van der Waals surface area contributed by atoms with Crippen molar-refractivity contribution >= 4 is 11.6 Å². The molecule has 0 spiro atoms. The lowest BCUT2D eigenvalue weighted by Crippen LogP contribution is -2.15. The van der Waals surface area contributed by atoms with Crippen LogP contribution in [-0.4, -0.2) is 27.7 Å². The molecule has 2 aromatic rings. The number of aromatic nitrogens is 3. The summed E-state index contributed by atoms with van der Waals surface area (Å²) in [6.45, 7) is -1.33. The molecule has 0 aliphatic rings. The van der Waals surface area contributed by atoms with Gasteiger partial charge in [0.25, 0.3) is 5.91 Å². The summed E-state index contributed by atoms with van der Waals surface area (Å²) < 4.78 is 28.7. The second-order valence-electron chi connectivity index (χ2n) is 3.57. The molecule has 100 valence electrons. The van der Waals surface area contributed by atoms with Crippen LogP contribution in [0.25, 0.3) is 0 Å². The van der Waals surface area contributed by atoms with E-state index in [1.54, 1.807) is 13.0 Å². The molecule has 0 atom stereocenters. The number of alkyl halides is 2. The van der Waals surface area contributed by atoms with Crippen LogP contribution in [0.3, 0.4) is 0 Å². The van der Waals surface area contributed by atoms with Gasteiger partial charge < -0.3 is 10.1 Å². The van der Waals surface area contributed by atoms with Crippen molar-refractivity contribution in [2.75, 3.05) is 5.32 Å². The Labute approximate surface area is 106 Å². The average Bonchev–Trinajstić information content (AvgIpc) is 2.78. The summed E-state index contributed by atoms with van der Waals surface area (Å²) in [5.74, 6) is -0.348. The van der Waals surface area contributed by atoms with Gasteiger partial charge in [-0.05, 0) is 19.1 Å². The molecule has 0 unspecified atom stereocenters. The van der Waals surface area contributed by atoms with E-state index in [-0.39, 0.29) is 17.3 Å². The number of hydrogen-bond acceptors (Lipinski definition) is 4. The van der Waals surface area contributed by atoms with Crippen molar-refractivity contribution in [3.63, 3.8) is 0 Å². The van der Waals surface area contributed by atoms with Gasteiger partial charge in [-0.2, -0.15) is 8.78 Å². The summed E-state index contributed by atoms with van der Waals surface area (Å²) in [7, 11) is 0. The third kappa shape index (κ3) is 3.24. The van der Waals surface area contributed by atoms with Crippen LogP contribution >= 0.6 is 0 Å². The van der Waals surface area contributed by atoms with Crippen molar-refractivity contribution < 1.29 is 18.3 Å². The van der Waals surface area contributed by atoms with Crippen molar-refractivity contribution in [1.82, 2.24) is 15.2 Å². The first kappa shape index (κ1) is 12.9. The molecule has 0 fully saturated rings. The number of ether oxygens (including phenoxy) is 1. The smallest absolute Gasteiger partial charge is 0.387 e. The first-order valence-electron chi connectivity index (χ1n) is 5.30. The van der Waals surface area contributed by atoms with Crippen molar-refractivity contribution in [2.45, 2.75) is 13.5 Å². The number of aryl methyl sites for hydroxylation is 1. The number of nitrogens with one attached hydrogen (secondary N) is 2. The standard InChI is InChI=1S/C11H10F2N4O2/c1-6-14-9(17-16-6)10(18)15-7-4-2-3-5-8(7)19-11(12)13/h2-5,11H,1H3,(H,15,18)(H,14,16,17). The van der Waals surface area contributed by atoms with E-state index in [4.69, 9.17) is 0 Å². The van der Waals surface area contributed by atoms with E-state index in [2.05, 4.69) is 25.2 Å². The van der Waals surface area contributed by atoms with E-state index in [0.717, 1.165) is 0 Å². The zero-order chi connectivity index (χ0) is 13.8. The monoisotopic (exact) mass is 268 g/mol. The largest absolute Gasteiger partial charge is 0.433 e. The van der Waals surface area contributed by atoms with E-state index in [0.29, 0.717) is 5.82 Å². The highest BCUT2D eigenvalue weighted by molar-refractivity contribution is 6.02. The molecular formula is C11H10F2N4O2. The molecule has 8 heteroatoms. The van der Waals surface area contributed by atoms with E-state index in [1.807, 2.05) is 0 Å². The van der Waals surface area contributed by atoms with Crippen molar-refractivity contribution in [2.24, 2.45) is 0 Å². The molecule has 2 rings (SSSR count). The molecule has 0 saturated heterocycles. The highest BCUT2D eigenvalue weighted by Gasteiger charge is 2.15. The van der Waals surface area contributed by atoms with Crippen LogP contribution in [0.2, 0.25) is 0 Å². The van der Waals surface area contributed by atoms with Gasteiger partial charge in [0, 0.05) is 0 Å². The first-order valence-corrected chi connectivity index (χ1v) is 5.30. The lowest BCUT2D eigenvalue weighted by atomic mass is 10.3. The maximum absolute atomic E-state index is 12.2. The van der Waals surface area contributed by atoms with Crippen LogP contribution in [0, 0.1) is 6.92 Å². The Bertz CT molecular complexity index is 586. The molecule has 1 aromatic carbocycles. The van der Waals surface area contributed by atoms with Crippen LogP contribution in [0.15, 0.2) is 24.3 Å². The maximum Gasteiger partial charge on any atom is 0.387 e. The van der Waals surface area contributed by atoms with Crippen LogP contribution in [-0.2, 0) is 0 Å². The zero-order valence-corrected chi connectivity index (χ0v) is 9.85. The lowest BCUT2D eigenvalue weighted by molar-refractivity contribution is -0.0493. The summed E-state index contributed by atoms with van der Waals surface area (Å²) in [5.41, 5.74) is 0.121. The van der Waals surface area contributed by atoms with E-state index in [9.17, 15) is 13.6 Å². The van der Waals surface area contributed by atoms with E-state index >= 15 is 0 Å². The normalized spacial score (nSPS) is 10.5. The number of aromatic amines is 1. The highest BCUT2D eigenvalue weighted by Crippen LogP contribution is 2.25. The molecule has 0 bridgehead atoms. The van der Waals surface area contributed by atoms with Gasteiger partial charge in [-0.15, -0.1) is 5.10 Å². The molecule has 1 amide bonds. The minimum Gasteiger partial charge on any atom is -0.433 e. The first-order chi connectivity index (χ1) is 9.06. The number of para-hydroxylation sites is 2. The number of carbonyl (C=O) groups is 1. The molecular weight excluding hydrogens is 258 g/mol. The molecule has 19 heavy (non-hydrogen) atoms. The summed E-state index contributed by atoms with van der Waals surface area (Å²) in [6, 6.07) is 5.86. The minimum absolute atomic E-state index is 0.0793. The molecule has 0 aliphatic carbocycles. The molecule has 0 radical (unpaired) electrons. The number of carbonyl (C=O) groups excluding carboxylic acids is 1. The SMILES string of the molecule is Cc1nc(C(=O)Nc2ccccc2OC(F)F)n[nH]1. The Hall–Kier alpha value is -2.51. The van der Waals surface area contributed by atoms with Gasteiger partial charge >= 0.3 is 6.61 Å². The van der Waals surface area contributed by atoms with Gasteiger partial charge in [0.15, 0.2) is 0 Å². The summed E-state index contributed by atoms with van der Waals surface area (Å²) in [4.78, 5) is 15.6. The third-order valence-corrected chi connectivity index (χ3v) is 2.15. The Kier molecular flexibility index (Phi) is 3.69. The van der Waals surface area contributed by atoms with Gasteiger partial charge in [-0.25, -0.2) is 4.98 Å². The number of anilines is 1. The Morgan fingerprint density at radius 2 is 2.16 bits per heavy atom. The van der Waals surface area contributed by atoms with Crippen LogP contribution in [0.4, 0.5) is 14.5 Å². The fraction of sp³-hybridized carbons (Fsp3) is 0.182. The molecule has 0 aliphatic heterocycles. The van der Waals surface area contributed by atoms with Gasteiger partial charge in [0.2, 0.25) is 5.82 Å². The van der Waals surface area contributed by atoms with Gasteiger partial charge in [-0.3, -0.25) is 9.89 Å². The van der Waals surface area contributed by atoms with Crippen molar-refractivity contribution in [1.29, 1.82) is 0 Å². The summed E-state index contributed by atoms with van der Waals surface area (Å²) in [6.07, 6.45) is 0.